The predicted octanol–water partition coefficient (Wildman–Crippen LogP) is 3.63. The van der Waals surface area contributed by atoms with Crippen LogP contribution < -0.4 is 10.1 Å². The Hall–Kier alpha value is -2.70. The zero-order valence-corrected chi connectivity index (χ0v) is 23.2. The molecule has 10 nitrogen and oxygen atoms in total. The van der Waals surface area contributed by atoms with Gasteiger partial charge >= 0.3 is 0 Å². The van der Waals surface area contributed by atoms with Gasteiger partial charge in [0.15, 0.2) is 11.0 Å². The molecule has 6 rings (SSSR count). The molecule has 39 heavy (non-hydrogen) atoms. The lowest BCUT2D eigenvalue weighted by molar-refractivity contribution is -0.126. The summed E-state index contributed by atoms with van der Waals surface area (Å²) in [6.45, 7) is 4.92. The highest BCUT2D eigenvalue weighted by molar-refractivity contribution is 7.22. The number of methoxy groups -OCH3 is 1. The van der Waals surface area contributed by atoms with Gasteiger partial charge in [0.1, 0.15) is 12.4 Å². The standard InChI is InChI=1S/C28H35N5O5S/c1-16-14-37-9-8-33(16)19-10-17(11-19)27(35)32-28-31-21-7-6-20(25(36-2)26(21)39-28)18-12-29-24(30-13-18)15-38-23-5-3-4-22(23)34/h6-7,12-13,16-17,19,22-23,34H,3-5,8-11,14-15H2,1-2H3,(H,31,32,35)/t16-,17?,19?,22-,23-/m0/s1. The van der Waals surface area contributed by atoms with Crippen LogP contribution in [-0.2, 0) is 20.9 Å². The summed E-state index contributed by atoms with van der Waals surface area (Å²) in [5.41, 5.74) is 2.44. The summed E-state index contributed by atoms with van der Waals surface area (Å²) in [5, 5.41) is 13.6. The molecular weight excluding hydrogens is 518 g/mol. The van der Waals surface area contributed by atoms with Crippen LogP contribution in [0.5, 0.6) is 5.75 Å². The van der Waals surface area contributed by atoms with Crippen molar-refractivity contribution in [3.63, 3.8) is 0 Å². The molecule has 1 aromatic carbocycles. The predicted molar refractivity (Wildman–Crippen MR) is 148 cm³/mol. The maximum atomic E-state index is 13.0. The molecule has 0 radical (unpaired) electrons. The molecule has 208 valence electrons. The molecule has 2 N–H and O–H groups in total. The number of aromatic nitrogens is 3. The van der Waals surface area contributed by atoms with Crippen LogP contribution in [0.2, 0.25) is 0 Å². The number of hydrogen-bond acceptors (Lipinski definition) is 10. The normalized spacial score (nSPS) is 27.4. The number of benzene rings is 1. The van der Waals surface area contributed by atoms with Crippen LogP contribution in [0, 0.1) is 5.92 Å². The number of ether oxygens (including phenoxy) is 3. The highest BCUT2D eigenvalue weighted by atomic mass is 32.1. The lowest BCUT2D eigenvalue weighted by Gasteiger charge is -2.46. The second kappa shape index (κ2) is 11.4. The number of aliphatic hydroxyl groups is 1. The van der Waals surface area contributed by atoms with E-state index in [1.165, 1.54) is 11.3 Å². The van der Waals surface area contributed by atoms with E-state index in [0.29, 0.717) is 28.8 Å². The number of morpholine rings is 1. The maximum absolute atomic E-state index is 13.0. The fourth-order valence-electron chi connectivity index (χ4n) is 5.86. The largest absolute Gasteiger partial charge is 0.495 e. The van der Waals surface area contributed by atoms with Crippen LogP contribution in [0.4, 0.5) is 5.13 Å². The van der Waals surface area contributed by atoms with Crippen LogP contribution in [0.25, 0.3) is 21.3 Å². The number of hydrogen-bond donors (Lipinski definition) is 2. The van der Waals surface area contributed by atoms with Crippen LogP contribution in [0.15, 0.2) is 24.5 Å². The molecule has 3 atom stereocenters. The van der Waals surface area contributed by atoms with Gasteiger partial charge in [0.25, 0.3) is 0 Å². The fourth-order valence-corrected chi connectivity index (χ4v) is 6.86. The van der Waals surface area contributed by atoms with E-state index in [1.807, 2.05) is 12.1 Å². The van der Waals surface area contributed by atoms with Crippen molar-refractivity contribution >= 4 is 32.6 Å². The first kappa shape index (κ1) is 26.5. The summed E-state index contributed by atoms with van der Waals surface area (Å²) in [7, 11) is 1.63. The van der Waals surface area contributed by atoms with Crippen LogP contribution >= 0.6 is 11.3 Å². The van der Waals surface area contributed by atoms with Gasteiger partial charge in [0.2, 0.25) is 5.91 Å². The molecule has 1 amide bonds. The van der Waals surface area contributed by atoms with Gasteiger partial charge in [-0.1, -0.05) is 11.3 Å². The lowest BCUT2D eigenvalue weighted by Crippen LogP contribution is -2.55. The number of anilines is 1. The number of fused-ring (bicyclic) bond motifs is 1. The van der Waals surface area contributed by atoms with Gasteiger partial charge in [-0.05, 0) is 51.2 Å². The maximum Gasteiger partial charge on any atom is 0.229 e. The van der Waals surface area contributed by atoms with Crippen LogP contribution in [0.1, 0.15) is 44.9 Å². The van der Waals surface area contributed by atoms with E-state index >= 15 is 0 Å². The van der Waals surface area contributed by atoms with Crippen molar-refractivity contribution in [2.24, 2.45) is 5.92 Å². The molecule has 2 aromatic heterocycles. The zero-order chi connectivity index (χ0) is 26.9. The van der Waals surface area contributed by atoms with E-state index < -0.39 is 6.10 Å². The van der Waals surface area contributed by atoms with Crippen molar-refractivity contribution in [2.75, 3.05) is 32.2 Å². The topological polar surface area (TPSA) is 119 Å². The fraction of sp³-hybridized carbons (Fsp3) is 0.571. The molecule has 3 aliphatic rings. The minimum absolute atomic E-state index is 0.00564. The molecule has 1 saturated heterocycles. The molecule has 1 aliphatic heterocycles. The summed E-state index contributed by atoms with van der Waals surface area (Å²) in [5.74, 6) is 1.28. The van der Waals surface area contributed by atoms with Crippen molar-refractivity contribution in [1.29, 1.82) is 0 Å². The molecule has 0 bridgehead atoms. The molecule has 3 fully saturated rings. The first-order valence-electron chi connectivity index (χ1n) is 13.7. The molecule has 0 spiro atoms. The lowest BCUT2D eigenvalue weighted by atomic mass is 9.78. The average Bonchev–Trinajstić information content (AvgIpc) is 3.52. The second-order valence-electron chi connectivity index (χ2n) is 10.7. The van der Waals surface area contributed by atoms with E-state index in [0.717, 1.165) is 73.2 Å². The van der Waals surface area contributed by atoms with Crippen molar-refractivity contribution in [3.05, 3.63) is 30.4 Å². The Balaban J connectivity index is 1.11. The minimum atomic E-state index is -0.404. The quantitative estimate of drug-likeness (QED) is 0.431. The van der Waals surface area contributed by atoms with Gasteiger partial charge in [0, 0.05) is 48.1 Å². The van der Waals surface area contributed by atoms with Crippen molar-refractivity contribution in [1.82, 2.24) is 19.9 Å². The van der Waals surface area contributed by atoms with Crippen molar-refractivity contribution < 1.29 is 24.1 Å². The first-order chi connectivity index (χ1) is 19.0. The Morgan fingerprint density at radius 2 is 2.08 bits per heavy atom. The highest BCUT2D eigenvalue weighted by Gasteiger charge is 2.40. The Kier molecular flexibility index (Phi) is 7.77. The summed E-state index contributed by atoms with van der Waals surface area (Å²) in [6.07, 6.45) is 7.34. The van der Waals surface area contributed by atoms with E-state index in [4.69, 9.17) is 14.2 Å². The van der Waals surface area contributed by atoms with E-state index in [1.54, 1.807) is 19.5 Å². The number of nitrogens with zero attached hydrogens (tertiary/aromatic N) is 4. The molecule has 0 unspecified atom stereocenters. The molecule has 3 aromatic rings. The third kappa shape index (κ3) is 5.51. The monoisotopic (exact) mass is 553 g/mol. The summed E-state index contributed by atoms with van der Waals surface area (Å²) >= 11 is 1.41. The first-order valence-corrected chi connectivity index (χ1v) is 14.5. The Morgan fingerprint density at radius 3 is 2.79 bits per heavy atom. The average molecular weight is 554 g/mol. The van der Waals surface area contributed by atoms with E-state index in [9.17, 15) is 9.90 Å². The van der Waals surface area contributed by atoms with Gasteiger partial charge in [-0.25, -0.2) is 15.0 Å². The van der Waals surface area contributed by atoms with Gasteiger partial charge in [-0.3, -0.25) is 9.69 Å². The Morgan fingerprint density at radius 1 is 1.26 bits per heavy atom. The molecular formula is C28H35N5O5S. The zero-order valence-electron chi connectivity index (χ0n) is 22.3. The molecule has 2 aliphatic carbocycles. The number of carbonyl (C=O) groups excluding carboxylic acids is 1. The van der Waals surface area contributed by atoms with Crippen molar-refractivity contribution in [3.8, 4) is 16.9 Å². The third-order valence-electron chi connectivity index (χ3n) is 8.18. The molecule has 2 saturated carbocycles. The Bertz CT molecular complexity index is 1310. The summed E-state index contributed by atoms with van der Waals surface area (Å²) < 4.78 is 18.0. The second-order valence-corrected chi connectivity index (χ2v) is 11.7. The molecule has 11 heteroatoms. The van der Waals surface area contributed by atoms with Gasteiger partial charge in [-0.15, -0.1) is 0 Å². The number of rotatable bonds is 8. The summed E-state index contributed by atoms with van der Waals surface area (Å²) in [4.78, 5) is 29.0. The minimum Gasteiger partial charge on any atom is -0.495 e. The smallest absolute Gasteiger partial charge is 0.229 e. The number of amides is 1. The number of carbonyl (C=O) groups is 1. The van der Waals surface area contributed by atoms with E-state index in [-0.39, 0.29) is 24.5 Å². The highest BCUT2D eigenvalue weighted by Crippen LogP contribution is 2.41. The van der Waals surface area contributed by atoms with Gasteiger partial charge < -0.3 is 24.6 Å². The number of aliphatic hydroxyl groups excluding tert-OH is 1. The summed E-state index contributed by atoms with van der Waals surface area (Å²) in [6, 6.07) is 4.72. The third-order valence-corrected chi connectivity index (χ3v) is 9.16. The Labute approximate surface area is 231 Å². The number of thiazole rings is 1. The van der Waals surface area contributed by atoms with Gasteiger partial charge in [-0.2, -0.15) is 0 Å². The SMILES string of the molecule is COc1c(-c2cnc(CO[C@H]3CCC[C@@H]3O)nc2)ccc2nc(NC(=O)C3CC(N4CCOC[C@@H]4C)C3)sc12. The number of nitrogens with one attached hydrogen (secondary N) is 1. The van der Waals surface area contributed by atoms with Gasteiger partial charge in [0.05, 0.1) is 42.7 Å². The van der Waals surface area contributed by atoms with Crippen molar-refractivity contribution in [2.45, 2.75) is 69.9 Å². The van der Waals surface area contributed by atoms with Crippen LogP contribution in [-0.4, -0.2) is 82.0 Å². The van der Waals surface area contributed by atoms with E-state index in [2.05, 4.69) is 32.1 Å². The molecule has 3 heterocycles. The van der Waals surface area contributed by atoms with Crippen LogP contribution in [0.3, 0.4) is 0 Å².